The average molecular weight is 325 g/mol. The molecule has 0 spiro atoms. The molecule has 126 valence electrons. The zero-order valence-electron chi connectivity index (χ0n) is 13.9. The third-order valence-corrected chi connectivity index (χ3v) is 4.57. The highest BCUT2D eigenvalue weighted by Gasteiger charge is 2.29. The Morgan fingerprint density at radius 2 is 2.00 bits per heavy atom. The third kappa shape index (κ3) is 3.67. The van der Waals surface area contributed by atoms with Crippen LogP contribution in [0.25, 0.3) is 0 Å². The topological polar surface area (TPSA) is 54.3 Å². The van der Waals surface area contributed by atoms with Gasteiger partial charge in [-0.25, -0.2) is 0 Å². The van der Waals surface area contributed by atoms with Crippen LogP contribution in [-0.2, 0) is 17.8 Å². The van der Waals surface area contributed by atoms with Crippen molar-refractivity contribution in [1.29, 1.82) is 0 Å². The Morgan fingerprint density at radius 1 is 1.21 bits per heavy atom. The molecule has 0 bridgehead atoms. The lowest BCUT2D eigenvalue weighted by Crippen LogP contribution is -2.50. The van der Waals surface area contributed by atoms with Gasteiger partial charge in [-0.05, 0) is 30.5 Å². The highest BCUT2D eigenvalue weighted by Crippen LogP contribution is 2.16. The van der Waals surface area contributed by atoms with E-state index in [0.717, 1.165) is 19.4 Å². The summed E-state index contributed by atoms with van der Waals surface area (Å²) in [5.41, 5.74) is 1.96. The number of nitrogens with one attached hydrogen (secondary N) is 1. The Hall–Kier alpha value is -2.56. The van der Waals surface area contributed by atoms with Gasteiger partial charge in [0.1, 0.15) is 5.69 Å². The van der Waals surface area contributed by atoms with Crippen LogP contribution in [0.5, 0.6) is 0 Å². The van der Waals surface area contributed by atoms with Crippen molar-refractivity contribution in [3.63, 3.8) is 0 Å². The van der Waals surface area contributed by atoms with E-state index in [4.69, 9.17) is 0 Å². The summed E-state index contributed by atoms with van der Waals surface area (Å²) in [4.78, 5) is 26.0. The fourth-order valence-corrected chi connectivity index (χ4v) is 3.08. The Balaban J connectivity index is 1.44. The van der Waals surface area contributed by atoms with Gasteiger partial charge in [-0.3, -0.25) is 9.59 Å². The smallest absolute Gasteiger partial charge is 0.270 e. The molecule has 5 nitrogen and oxygen atoms in total. The van der Waals surface area contributed by atoms with E-state index in [0.29, 0.717) is 18.7 Å². The van der Waals surface area contributed by atoms with Crippen LogP contribution in [0.3, 0.4) is 0 Å². The SMILES string of the molecule is CN1C(=O)c2cccn2CC1CNC(=O)CCCc1ccccc1. The van der Waals surface area contributed by atoms with Crippen molar-refractivity contribution in [1.82, 2.24) is 14.8 Å². The molecule has 0 fully saturated rings. The van der Waals surface area contributed by atoms with E-state index in [1.807, 2.05) is 41.1 Å². The molecule has 1 aliphatic heterocycles. The van der Waals surface area contributed by atoms with Gasteiger partial charge in [0.05, 0.1) is 6.04 Å². The van der Waals surface area contributed by atoms with E-state index in [1.165, 1.54) is 5.56 Å². The van der Waals surface area contributed by atoms with E-state index in [2.05, 4.69) is 17.4 Å². The van der Waals surface area contributed by atoms with Crippen molar-refractivity contribution < 1.29 is 9.59 Å². The second kappa shape index (κ2) is 7.34. The molecule has 0 saturated carbocycles. The monoisotopic (exact) mass is 325 g/mol. The van der Waals surface area contributed by atoms with Crippen molar-refractivity contribution in [3.8, 4) is 0 Å². The molecule has 24 heavy (non-hydrogen) atoms. The zero-order chi connectivity index (χ0) is 16.9. The number of nitrogens with zero attached hydrogens (tertiary/aromatic N) is 2. The van der Waals surface area contributed by atoms with Crippen LogP contribution >= 0.6 is 0 Å². The van der Waals surface area contributed by atoms with Gasteiger partial charge in [-0.2, -0.15) is 0 Å². The fourth-order valence-electron chi connectivity index (χ4n) is 3.08. The quantitative estimate of drug-likeness (QED) is 0.884. The van der Waals surface area contributed by atoms with Crippen molar-refractivity contribution in [3.05, 3.63) is 59.9 Å². The molecule has 0 saturated heterocycles. The minimum absolute atomic E-state index is 0.00419. The average Bonchev–Trinajstić information content (AvgIpc) is 3.06. The number of carbonyl (C=O) groups excluding carboxylic acids is 2. The van der Waals surface area contributed by atoms with Crippen LogP contribution in [-0.4, -0.2) is 40.9 Å². The maximum absolute atomic E-state index is 12.3. The molecule has 2 amide bonds. The first-order valence-electron chi connectivity index (χ1n) is 8.38. The van der Waals surface area contributed by atoms with Crippen LogP contribution in [0.2, 0.25) is 0 Å². The lowest BCUT2D eigenvalue weighted by atomic mass is 10.1. The van der Waals surface area contributed by atoms with Crippen LogP contribution in [0.15, 0.2) is 48.7 Å². The van der Waals surface area contributed by atoms with Gasteiger partial charge in [0.2, 0.25) is 5.91 Å². The first kappa shape index (κ1) is 16.3. The normalized spacial score (nSPS) is 16.8. The molecular weight excluding hydrogens is 302 g/mol. The number of hydrogen-bond acceptors (Lipinski definition) is 2. The lowest BCUT2D eigenvalue weighted by Gasteiger charge is -2.33. The predicted molar refractivity (Wildman–Crippen MR) is 92.7 cm³/mol. The van der Waals surface area contributed by atoms with Gasteiger partial charge in [0.25, 0.3) is 5.91 Å². The van der Waals surface area contributed by atoms with E-state index in [1.54, 1.807) is 11.9 Å². The summed E-state index contributed by atoms with van der Waals surface area (Å²) in [6.45, 7) is 1.21. The minimum Gasteiger partial charge on any atom is -0.354 e. The van der Waals surface area contributed by atoms with Crippen molar-refractivity contribution in [2.75, 3.05) is 13.6 Å². The molecule has 3 rings (SSSR count). The maximum Gasteiger partial charge on any atom is 0.270 e. The highest BCUT2D eigenvalue weighted by atomic mass is 16.2. The number of fused-ring (bicyclic) bond motifs is 1. The summed E-state index contributed by atoms with van der Waals surface area (Å²) in [5, 5.41) is 2.97. The molecule has 5 heteroatoms. The molecule has 0 radical (unpaired) electrons. The second-order valence-electron chi connectivity index (χ2n) is 6.26. The Labute approximate surface area is 142 Å². The van der Waals surface area contributed by atoms with E-state index in [9.17, 15) is 9.59 Å². The molecule has 1 N–H and O–H groups in total. The Kier molecular flexibility index (Phi) is 4.99. The summed E-state index contributed by atoms with van der Waals surface area (Å²) >= 11 is 0. The number of aromatic nitrogens is 1. The molecule has 1 unspecified atom stereocenters. The largest absolute Gasteiger partial charge is 0.354 e. The second-order valence-corrected chi connectivity index (χ2v) is 6.26. The van der Waals surface area contributed by atoms with Gasteiger partial charge in [0.15, 0.2) is 0 Å². The van der Waals surface area contributed by atoms with E-state index < -0.39 is 0 Å². The summed E-state index contributed by atoms with van der Waals surface area (Å²) in [5.74, 6) is 0.0552. The maximum atomic E-state index is 12.3. The molecule has 0 aliphatic carbocycles. The van der Waals surface area contributed by atoms with E-state index >= 15 is 0 Å². The van der Waals surface area contributed by atoms with Crippen LogP contribution in [0, 0.1) is 0 Å². The van der Waals surface area contributed by atoms with Crippen LogP contribution in [0.1, 0.15) is 28.9 Å². The van der Waals surface area contributed by atoms with Crippen LogP contribution in [0.4, 0.5) is 0 Å². The highest BCUT2D eigenvalue weighted by molar-refractivity contribution is 5.93. The minimum atomic E-state index is -0.00419. The first-order chi connectivity index (χ1) is 11.6. The predicted octanol–water partition coefficient (Wildman–Crippen LogP) is 2.08. The number of hydrogen-bond donors (Lipinski definition) is 1. The number of likely N-dealkylation sites (N-methyl/N-ethyl adjacent to an activating group) is 1. The van der Waals surface area contributed by atoms with Gasteiger partial charge in [-0.1, -0.05) is 30.3 Å². The van der Waals surface area contributed by atoms with Gasteiger partial charge >= 0.3 is 0 Å². The standard InChI is InChI=1S/C19H23N3O2/c1-21-16(14-22-12-6-10-17(22)19(21)24)13-20-18(23)11-5-9-15-7-3-2-4-8-15/h2-4,6-8,10,12,16H,5,9,11,13-14H2,1H3,(H,20,23). The fraction of sp³-hybridized carbons (Fsp3) is 0.368. The lowest BCUT2D eigenvalue weighted by molar-refractivity contribution is -0.121. The molecule has 2 heterocycles. The number of amides is 2. The van der Waals surface area contributed by atoms with Crippen molar-refractivity contribution in [2.45, 2.75) is 31.8 Å². The third-order valence-electron chi connectivity index (χ3n) is 4.57. The molecule has 1 aliphatic rings. The molecule has 1 aromatic carbocycles. The summed E-state index contributed by atoms with van der Waals surface area (Å²) in [6, 6.07) is 13.9. The van der Waals surface area contributed by atoms with Crippen molar-refractivity contribution >= 4 is 11.8 Å². The number of rotatable bonds is 6. The van der Waals surface area contributed by atoms with Crippen molar-refractivity contribution in [2.24, 2.45) is 0 Å². The molecule has 1 atom stereocenters. The van der Waals surface area contributed by atoms with Crippen LogP contribution < -0.4 is 5.32 Å². The van der Waals surface area contributed by atoms with Gasteiger partial charge in [-0.15, -0.1) is 0 Å². The van der Waals surface area contributed by atoms with E-state index in [-0.39, 0.29) is 17.9 Å². The van der Waals surface area contributed by atoms with Gasteiger partial charge < -0.3 is 14.8 Å². The number of benzene rings is 1. The summed E-state index contributed by atoms with van der Waals surface area (Å²) in [6.07, 6.45) is 4.16. The Morgan fingerprint density at radius 3 is 2.79 bits per heavy atom. The first-order valence-corrected chi connectivity index (χ1v) is 8.38. The van der Waals surface area contributed by atoms with Gasteiger partial charge in [0, 0.05) is 32.8 Å². The summed E-state index contributed by atoms with van der Waals surface area (Å²) < 4.78 is 1.95. The number of aryl methyl sites for hydroxylation is 1. The Bertz CT molecular complexity index is 708. The zero-order valence-corrected chi connectivity index (χ0v) is 13.9. The molecular formula is C19H23N3O2. The summed E-state index contributed by atoms with van der Waals surface area (Å²) in [7, 11) is 1.80. The molecule has 1 aromatic heterocycles. The number of carbonyl (C=O) groups is 2. The molecule has 2 aromatic rings.